The van der Waals surface area contributed by atoms with Crippen molar-refractivity contribution in [2.45, 2.75) is 6.92 Å². The van der Waals surface area contributed by atoms with Gasteiger partial charge in [0.25, 0.3) is 0 Å². The fourth-order valence-corrected chi connectivity index (χ4v) is 3.66. The highest BCUT2D eigenvalue weighted by Crippen LogP contribution is 2.29. The van der Waals surface area contributed by atoms with E-state index in [4.69, 9.17) is 23.2 Å². The van der Waals surface area contributed by atoms with Crippen molar-refractivity contribution in [3.63, 3.8) is 0 Å². The van der Waals surface area contributed by atoms with E-state index in [2.05, 4.69) is 6.07 Å². The third-order valence-electron chi connectivity index (χ3n) is 4.72. The van der Waals surface area contributed by atoms with Gasteiger partial charge >= 0.3 is 5.69 Å². The van der Waals surface area contributed by atoms with Crippen LogP contribution in [0.4, 0.5) is 0 Å². The minimum Gasteiger partial charge on any atom is -0.264 e. The zero-order valence-corrected chi connectivity index (χ0v) is 16.9. The van der Waals surface area contributed by atoms with Crippen LogP contribution in [0, 0.1) is 18.3 Å². The maximum atomic E-state index is 13.5. The molecule has 6 heteroatoms. The van der Waals surface area contributed by atoms with Gasteiger partial charge in [0.1, 0.15) is 0 Å². The standard InChI is InChI=1S/C23H15Cl2N3O/c1-15-22(17-4-2-3-16(13-17)14-26)28(21-11-7-19(25)8-12-21)23(29)27(15)20-9-5-18(24)6-10-20/h2-13H,1H3. The first kappa shape index (κ1) is 19.1. The van der Waals surface area contributed by atoms with Crippen molar-refractivity contribution in [2.24, 2.45) is 0 Å². The maximum Gasteiger partial charge on any atom is 0.338 e. The number of benzene rings is 3. The minimum atomic E-state index is -0.218. The van der Waals surface area contributed by atoms with Crippen LogP contribution >= 0.6 is 23.2 Å². The quantitative estimate of drug-likeness (QED) is 0.422. The Morgan fingerprint density at radius 1 is 0.828 bits per heavy atom. The molecule has 0 N–H and O–H groups in total. The van der Waals surface area contributed by atoms with Gasteiger partial charge in [-0.15, -0.1) is 0 Å². The molecule has 0 radical (unpaired) electrons. The highest BCUT2D eigenvalue weighted by atomic mass is 35.5. The normalized spacial score (nSPS) is 10.7. The van der Waals surface area contributed by atoms with Crippen molar-refractivity contribution in [3.05, 3.63) is 105 Å². The fraction of sp³-hybridized carbons (Fsp3) is 0.0435. The molecular weight excluding hydrogens is 405 g/mol. The Morgan fingerprint density at radius 3 is 1.93 bits per heavy atom. The second-order valence-corrected chi connectivity index (χ2v) is 7.41. The van der Waals surface area contributed by atoms with Crippen LogP contribution in [0.25, 0.3) is 22.6 Å². The van der Waals surface area contributed by atoms with Gasteiger partial charge in [-0.25, -0.2) is 4.79 Å². The number of rotatable bonds is 3. The molecule has 0 atom stereocenters. The predicted molar refractivity (Wildman–Crippen MR) is 116 cm³/mol. The molecule has 0 fully saturated rings. The van der Waals surface area contributed by atoms with Crippen LogP contribution in [0.5, 0.6) is 0 Å². The molecular formula is C23H15Cl2N3O. The number of hydrogen-bond donors (Lipinski definition) is 0. The van der Waals surface area contributed by atoms with Crippen LogP contribution in [0.1, 0.15) is 11.3 Å². The zero-order chi connectivity index (χ0) is 20.5. The van der Waals surface area contributed by atoms with E-state index in [0.29, 0.717) is 32.7 Å². The first-order valence-corrected chi connectivity index (χ1v) is 9.62. The van der Waals surface area contributed by atoms with Crippen LogP contribution in [0.15, 0.2) is 77.6 Å². The van der Waals surface area contributed by atoms with Gasteiger partial charge in [0.2, 0.25) is 0 Å². The molecule has 1 heterocycles. The number of nitriles is 1. The van der Waals surface area contributed by atoms with Gasteiger partial charge in [0, 0.05) is 21.3 Å². The van der Waals surface area contributed by atoms with Crippen LogP contribution in [0.2, 0.25) is 10.0 Å². The molecule has 0 saturated carbocycles. The average molecular weight is 420 g/mol. The number of aromatic nitrogens is 2. The average Bonchev–Trinajstić information content (AvgIpc) is 2.99. The van der Waals surface area contributed by atoms with Gasteiger partial charge in [-0.05, 0) is 67.6 Å². The molecule has 4 nitrogen and oxygen atoms in total. The van der Waals surface area contributed by atoms with E-state index in [0.717, 1.165) is 11.3 Å². The molecule has 0 spiro atoms. The predicted octanol–water partition coefficient (Wildman–Crippen LogP) is 5.78. The molecule has 29 heavy (non-hydrogen) atoms. The van der Waals surface area contributed by atoms with E-state index in [1.807, 2.05) is 19.1 Å². The van der Waals surface area contributed by atoms with Gasteiger partial charge in [-0.1, -0.05) is 35.3 Å². The van der Waals surface area contributed by atoms with Gasteiger partial charge in [-0.2, -0.15) is 5.26 Å². The van der Waals surface area contributed by atoms with E-state index < -0.39 is 0 Å². The Balaban J connectivity index is 2.06. The summed E-state index contributed by atoms with van der Waals surface area (Å²) in [5, 5.41) is 10.5. The second kappa shape index (κ2) is 7.63. The van der Waals surface area contributed by atoms with E-state index in [9.17, 15) is 10.1 Å². The molecule has 0 aliphatic rings. The summed E-state index contributed by atoms with van der Waals surface area (Å²) in [6.45, 7) is 1.89. The van der Waals surface area contributed by atoms with Crippen LogP contribution in [0.3, 0.4) is 0 Å². The third-order valence-corrected chi connectivity index (χ3v) is 5.22. The smallest absolute Gasteiger partial charge is 0.264 e. The van der Waals surface area contributed by atoms with Gasteiger partial charge in [0.05, 0.1) is 28.7 Å². The van der Waals surface area contributed by atoms with Crippen LogP contribution < -0.4 is 5.69 Å². The van der Waals surface area contributed by atoms with Crippen LogP contribution in [-0.4, -0.2) is 9.13 Å². The maximum absolute atomic E-state index is 13.5. The summed E-state index contributed by atoms with van der Waals surface area (Å²) in [7, 11) is 0. The Bertz CT molecular complexity index is 1290. The van der Waals surface area contributed by atoms with Crippen molar-refractivity contribution >= 4 is 23.2 Å². The van der Waals surface area contributed by atoms with Gasteiger partial charge in [-0.3, -0.25) is 9.13 Å². The van der Waals surface area contributed by atoms with E-state index in [1.165, 1.54) is 0 Å². The topological polar surface area (TPSA) is 50.7 Å². The summed E-state index contributed by atoms with van der Waals surface area (Å²) in [5.41, 5.74) is 3.95. The third kappa shape index (κ3) is 3.47. The number of imidazole rings is 1. The molecule has 1 aromatic heterocycles. The lowest BCUT2D eigenvalue weighted by Gasteiger charge is -2.09. The summed E-state index contributed by atoms with van der Waals surface area (Å²) in [4.78, 5) is 13.5. The van der Waals surface area contributed by atoms with Crippen LogP contribution in [-0.2, 0) is 0 Å². The Hall–Kier alpha value is -3.26. The molecule has 0 aliphatic carbocycles. The van der Waals surface area contributed by atoms with E-state index in [-0.39, 0.29) is 5.69 Å². The van der Waals surface area contributed by atoms with Crippen molar-refractivity contribution in [2.75, 3.05) is 0 Å². The highest BCUT2D eigenvalue weighted by molar-refractivity contribution is 6.30. The molecule has 0 aliphatic heterocycles. The van der Waals surface area contributed by atoms with Gasteiger partial charge < -0.3 is 0 Å². The first-order valence-electron chi connectivity index (χ1n) is 8.86. The van der Waals surface area contributed by atoms with Crippen molar-refractivity contribution in [1.82, 2.24) is 9.13 Å². The molecule has 0 bridgehead atoms. The Kier molecular flexibility index (Phi) is 5.02. The lowest BCUT2D eigenvalue weighted by atomic mass is 10.1. The number of nitrogens with zero attached hydrogens (tertiary/aromatic N) is 3. The second-order valence-electron chi connectivity index (χ2n) is 6.53. The number of hydrogen-bond acceptors (Lipinski definition) is 2. The highest BCUT2D eigenvalue weighted by Gasteiger charge is 2.21. The molecule has 4 rings (SSSR count). The molecule has 0 amide bonds. The number of halogens is 2. The summed E-state index contributed by atoms with van der Waals surface area (Å²) < 4.78 is 3.27. The summed E-state index contributed by atoms with van der Waals surface area (Å²) in [6, 6.07) is 23.6. The zero-order valence-electron chi connectivity index (χ0n) is 15.4. The molecule has 4 aromatic rings. The Morgan fingerprint density at radius 2 is 1.38 bits per heavy atom. The van der Waals surface area contributed by atoms with E-state index in [1.54, 1.807) is 69.8 Å². The summed E-state index contributed by atoms with van der Waals surface area (Å²) in [5.74, 6) is 0. The fourth-order valence-electron chi connectivity index (χ4n) is 3.40. The first-order chi connectivity index (χ1) is 14.0. The molecule has 142 valence electrons. The molecule has 3 aromatic carbocycles. The molecule has 0 unspecified atom stereocenters. The van der Waals surface area contributed by atoms with E-state index >= 15 is 0 Å². The lowest BCUT2D eigenvalue weighted by Crippen LogP contribution is -2.22. The monoisotopic (exact) mass is 419 g/mol. The molecule has 0 saturated heterocycles. The van der Waals surface area contributed by atoms with Gasteiger partial charge in [0.15, 0.2) is 0 Å². The van der Waals surface area contributed by atoms with Crippen molar-refractivity contribution in [1.29, 1.82) is 5.26 Å². The van der Waals surface area contributed by atoms with Crippen molar-refractivity contribution < 1.29 is 0 Å². The van der Waals surface area contributed by atoms with Crippen molar-refractivity contribution in [3.8, 4) is 28.7 Å². The minimum absolute atomic E-state index is 0.218. The largest absolute Gasteiger partial charge is 0.338 e. The lowest BCUT2D eigenvalue weighted by molar-refractivity contribution is 0.896. The SMILES string of the molecule is Cc1c(-c2cccc(C#N)c2)n(-c2ccc(Cl)cc2)c(=O)n1-c1ccc(Cl)cc1. The Labute approximate surface area is 177 Å². The summed E-state index contributed by atoms with van der Waals surface area (Å²) in [6.07, 6.45) is 0. The summed E-state index contributed by atoms with van der Waals surface area (Å²) >= 11 is 12.1.